The van der Waals surface area contributed by atoms with Gasteiger partial charge in [0.05, 0.1) is 62.5 Å². The van der Waals surface area contributed by atoms with Gasteiger partial charge in [0.15, 0.2) is 0 Å². The van der Waals surface area contributed by atoms with Gasteiger partial charge in [0.2, 0.25) is 0 Å². The SMILES string of the molecule is COC(=O)C1=C(C(=O)OC)C2(c3ccccc3-c3ccccc32)C2C=C(/C=C/C3=CC4N(C(C(=O)OC)=C(C(=O)OC)C45c4ccccc4-c4ccccc45)c4ccccc43)C=CN12. The van der Waals surface area contributed by atoms with Crippen molar-refractivity contribution in [1.82, 2.24) is 4.90 Å². The fraction of sp³-hybridized carbons (Fsp3) is 0.148. The second-order valence-electron chi connectivity index (χ2n) is 16.3. The highest BCUT2D eigenvalue weighted by molar-refractivity contribution is 6.12. The molecular weight excluding hydrogens is 805 g/mol. The van der Waals surface area contributed by atoms with Crippen molar-refractivity contribution in [2.75, 3.05) is 33.3 Å². The molecule has 4 aliphatic heterocycles. The highest BCUT2D eigenvalue weighted by Crippen LogP contribution is 2.64. The van der Waals surface area contributed by atoms with Gasteiger partial charge in [0, 0.05) is 17.5 Å². The quantitative estimate of drug-likeness (QED) is 0.123. The van der Waals surface area contributed by atoms with Crippen LogP contribution in [-0.4, -0.2) is 69.3 Å². The van der Waals surface area contributed by atoms with E-state index in [0.29, 0.717) is 0 Å². The smallest absolute Gasteiger partial charge is 0.355 e. The standard InChI is InChI=1S/C54H40N2O8/c1-61-49(57)45-47(51(59)63-3)55-28-27-31(29-43(55)53(45)38-20-10-5-16-34(38)35-17-6-11-21-39(35)53)25-26-32-30-44-54(40-22-12-7-18-36(40)37-19-8-13-23-41(37)54)46(50(58)62-2)48(52(60)64-4)56(44)42-24-14-9-15-33(32)42/h5-30,43-44H,1-4H3/b26-25+. The number of allylic oxidation sites excluding steroid dienone is 5. The molecule has 5 aromatic carbocycles. The number of carbonyl (C=O) groups is 4. The Balaban J connectivity index is 1.11. The Morgan fingerprint density at radius 3 is 1.41 bits per heavy atom. The van der Waals surface area contributed by atoms with Crippen molar-refractivity contribution < 1.29 is 38.1 Å². The maximum absolute atomic E-state index is 14.4. The van der Waals surface area contributed by atoms with E-state index < -0.39 is 46.8 Å². The molecule has 0 amide bonds. The molecule has 0 fully saturated rings. The number of fused-ring (bicyclic) bond motifs is 16. The molecule has 0 saturated heterocycles. The minimum absolute atomic E-state index is 0.115. The zero-order valence-corrected chi connectivity index (χ0v) is 35.3. The molecule has 0 bridgehead atoms. The van der Waals surface area contributed by atoms with Crippen molar-refractivity contribution in [3.63, 3.8) is 0 Å². The maximum atomic E-state index is 14.4. The Labute approximate surface area is 369 Å². The zero-order chi connectivity index (χ0) is 44.1. The molecule has 2 unspecified atom stereocenters. The van der Waals surface area contributed by atoms with Crippen molar-refractivity contribution in [3.8, 4) is 22.3 Å². The summed E-state index contributed by atoms with van der Waals surface area (Å²) >= 11 is 0. The van der Waals surface area contributed by atoms with Crippen molar-refractivity contribution in [1.29, 1.82) is 0 Å². The van der Waals surface area contributed by atoms with Crippen molar-refractivity contribution in [2.24, 2.45) is 0 Å². The third-order valence-corrected chi connectivity index (χ3v) is 13.8. The van der Waals surface area contributed by atoms with Crippen LogP contribution in [0.15, 0.2) is 186 Å². The Bertz CT molecular complexity index is 3040. The van der Waals surface area contributed by atoms with Gasteiger partial charge in [0.25, 0.3) is 0 Å². The molecule has 11 rings (SSSR count). The predicted molar refractivity (Wildman–Crippen MR) is 240 cm³/mol. The normalized spacial score (nSPS) is 19.6. The lowest BCUT2D eigenvalue weighted by atomic mass is 9.67. The number of methoxy groups -OCH3 is 4. The molecule has 2 aliphatic carbocycles. The van der Waals surface area contributed by atoms with Crippen molar-refractivity contribution in [2.45, 2.75) is 22.9 Å². The van der Waals surface area contributed by atoms with E-state index in [2.05, 4.69) is 12.2 Å². The number of ether oxygens (including phenoxy) is 4. The molecule has 2 spiro atoms. The van der Waals surface area contributed by atoms with Gasteiger partial charge in [-0.1, -0.05) is 140 Å². The molecule has 10 nitrogen and oxygen atoms in total. The number of rotatable bonds is 6. The van der Waals surface area contributed by atoms with E-state index in [-0.39, 0.29) is 22.5 Å². The number of benzene rings is 5. The van der Waals surface area contributed by atoms with Crippen molar-refractivity contribution in [3.05, 3.63) is 214 Å². The minimum Gasteiger partial charge on any atom is -0.466 e. The zero-order valence-electron chi connectivity index (χ0n) is 35.3. The van der Waals surface area contributed by atoms with Crippen LogP contribution in [0.25, 0.3) is 27.8 Å². The van der Waals surface area contributed by atoms with Crippen LogP contribution < -0.4 is 4.90 Å². The van der Waals surface area contributed by atoms with Crippen LogP contribution >= 0.6 is 0 Å². The molecule has 6 aliphatic rings. The van der Waals surface area contributed by atoms with Crippen LogP contribution in [0, 0.1) is 0 Å². The van der Waals surface area contributed by atoms with Gasteiger partial charge in [-0.3, -0.25) is 0 Å². The van der Waals surface area contributed by atoms with E-state index in [9.17, 15) is 19.2 Å². The van der Waals surface area contributed by atoms with E-state index >= 15 is 0 Å². The Morgan fingerprint density at radius 2 is 0.906 bits per heavy atom. The number of nitrogens with zero attached hydrogens (tertiary/aromatic N) is 2. The summed E-state index contributed by atoms with van der Waals surface area (Å²) in [7, 11) is 5.29. The first-order valence-corrected chi connectivity index (χ1v) is 21.0. The van der Waals surface area contributed by atoms with Crippen LogP contribution in [0.2, 0.25) is 0 Å². The fourth-order valence-corrected chi connectivity index (χ4v) is 11.5. The summed E-state index contributed by atoms with van der Waals surface area (Å²) in [5.41, 5.74) is 8.93. The van der Waals surface area contributed by atoms with Crippen LogP contribution in [0.4, 0.5) is 5.69 Å². The highest BCUT2D eigenvalue weighted by Gasteiger charge is 2.64. The average molecular weight is 845 g/mol. The molecule has 64 heavy (non-hydrogen) atoms. The first-order valence-electron chi connectivity index (χ1n) is 21.0. The topological polar surface area (TPSA) is 112 Å². The Kier molecular flexibility index (Phi) is 8.68. The average Bonchev–Trinajstić information content (AvgIpc) is 4.03. The number of hydrogen-bond acceptors (Lipinski definition) is 10. The highest BCUT2D eigenvalue weighted by atomic mass is 16.5. The first-order chi connectivity index (χ1) is 31.3. The summed E-state index contributed by atoms with van der Waals surface area (Å²) in [4.78, 5) is 60.3. The summed E-state index contributed by atoms with van der Waals surface area (Å²) in [5.74, 6) is -2.56. The van der Waals surface area contributed by atoms with E-state index in [1.807, 2.05) is 156 Å². The Hall–Kier alpha value is -7.98. The van der Waals surface area contributed by atoms with Gasteiger partial charge < -0.3 is 28.7 Å². The molecule has 0 aromatic heterocycles. The summed E-state index contributed by atoms with van der Waals surface area (Å²) in [6.07, 6.45) is 12.0. The number of esters is 4. The Morgan fingerprint density at radius 1 is 0.484 bits per heavy atom. The number of anilines is 1. The molecule has 4 heterocycles. The number of hydrogen-bond donors (Lipinski definition) is 0. The van der Waals surface area contributed by atoms with Crippen LogP contribution in [0.5, 0.6) is 0 Å². The predicted octanol–water partition coefficient (Wildman–Crippen LogP) is 8.10. The van der Waals surface area contributed by atoms with Gasteiger partial charge in [-0.05, 0) is 67.8 Å². The molecule has 0 N–H and O–H groups in total. The summed E-state index contributed by atoms with van der Waals surface area (Å²) < 4.78 is 21.9. The minimum atomic E-state index is -1.17. The lowest BCUT2D eigenvalue weighted by Gasteiger charge is -2.41. The van der Waals surface area contributed by atoms with Gasteiger partial charge in [-0.25, -0.2) is 19.2 Å². The molecule has 5 aromatic rings. The lowest BCUT2D eigenvalue weighted by Crippen LogP contribution is -2.46. The van der Waals surface area contributed by atoms with Gasteiger partial charge in [-0.2, -0.15) is 0 Å². The second kappa shape index (κ2) is 14.3. The van der Waals surface area contributed by atoms with Gasteiger partial charge in [0.1, 0.15) is 11.4 Å². The largest absolute Gasteiger partial charge is 0.466 e. The first kappa shape index (κ1) is 38.9. The van der Waals surface area contributed by atoms with Crippen LogP contribution in [-0.2, 0) is 49.0 Å². The van der Waals surface area contributed by atoms with Crippen LogP contribution in [0.3, 0.4) is 0 Å². The third-order valence-electron chi connectivity index (χ3n) is 13.8. The molecular formula is C54H40N2O8. The van der Waals surface area contributed by atoms with E-state index in [4.69, 9.17) is 18.9 Å². The van der Waals surface area contributed by atoms with Gasteiger partial charge in [-0.15, -0.1) is 0 Å². The molecule has 314 valence electrons. The molecule has 10 heteroatoms. The molecule has 0 saturated carbocycles. The molecule has 2 atom stereocenters. The summed E-state index contributed by atoms with van der Waals surface area (Å²) in [5, 5.41) is 0. The maximum Gasteiger partial charge on any atom is 0.355 e. The van der Waals surface area contributed by atoms with Crippen LogP contribution in [0.1, 0.15) is 27.8 Å². The third kappa shape index (κ3) is 4.85. The monoisotopic (exact) mass is 844 g/mol. The van der Waals surface area contributed by atoms with Crippen molar-refractivity contribution >= 4 is 35.1 Å². The summed E-state index contributed by atoms with van der Waals surface area (Å²) in [6.45, 7) is 0. The van der Waals surface area contributed by atoms with Gasteiger partial charge >= 0.3 is 23.9 Å². The number of para-hydroxylation sites is 1. The second-order valence-corrected chi connectivity index (χ2v) is 16.3. The van der Waals surface area contributed by atoms with E-state index in [1.165, 1.54) is 28.4 Å². The van der Waals surface area contributed by atoms with E-state index in [1.54, 1.807) is 0 Å². The summed E-state index contributed by atoms with van der Waals surface area (Å²) in [6, 6.07) is 38.6. The van der Waals surface area contributed by atoms with E-state index in [0.717, 1.165) is 66.9 Å². The lowest BCUT2D eigenvalue weighted by molar-refractivity contribution is -0.140. The molecule has 0 radical (unpaired) electrons. The number of carbonyl (C=O) groups excluding carboxylic acids is 4. The fourth-order valence-electron chi connectivity index (χ4n) is 11.5.